The van der Waals surface area contributed by atoms with Gasteiger partial charge in [0, 0.05) is 12.0 Å². The van der Waals surface area contributed by atoms with Crippen LogP contribution in [0.3, 0.4) is 0 Å². The monoisotopic (exact) mass is 359 g/mol. The van der Waals surface area contributed by atoms with Crippen LogP contribution in [-0.4, -0.2) is 24.4 Å². The molecule has 1 unspecified atom stereocenters. The van der Waals surface area contributed by atoms with Crippen molar-refractivity contribution in [2.45, 2.75) is 25.4 Å². The molecule has 2 aromatic carbocycles. The highest BCUT2D eigenvalue weighted by Crippen LogP contribution is 2.27. The van der Waals surface area contributed by atoms with Crippen LogP contribution < -0.4 is 9.80 Å². The Morgan fingerprint density at radius 3 is 2.64 bits per heavy atom. The number of fused-ring (bicyclic) bond motifs is 1. The molecule has 2 aromatic rings. The van der Waals surface area contributed by atoms with Gasteiger partial charge in [-0.15, -0.1) is 0 Å². The van der Waals surface area contributed by atoms with Crippen LogP contribution in [0.25, 0.3) is 0 Å². The number of nitrogens with one attached hydrogen (secondary N) is 1. The molecule has 0 aromatic heterocycles. The summed E-state index contributed by atoms with van der Waals surface area (Å²) in [6.45, 7) is 1.55. The molecule has 128 valence electrons. The third-order valence-corrected chi connectivity index (χ3v) is 5.34. The third-order valence-electron chi connectivity index (χ3n) is 5.05. The molecule has 0 aliphatic carbocycles. The Kier molecular flexibility index (Phi) is 4.06. The second-order valence-electron chi connectivity index (χ2n) is 6.53. The van der Waals surface area contributed by atoms with Crippen molar-refractivity contribution >= 4 is 29.1 Å². The highest BCUT2D eigenvalue weighted by molar-refractivity contribution is 6.31. The zero-order valence-electron chi connectivity index (χ0n) is 13.5. The van der Waals surface area contributed by atoms with E-state index in [-0.39, 0.29) is 23.3 Å². The molecule has 0 bridgehead atoms. The van der Waals surface area contributed by atoms with Crippen molar-refractivity contribution in [1.29, 1.82) is 0 Å². The molecule has 2 aliphatic rings. The van der Waals surface area contributed by atoms with Crippen molar-refractivity contribution in [2.24, 2.45) is 0 Å². The van der Waals surface area contributed by atoms with Gasteiger partial charge < -0.3 is 4.90 Å². The number of anilines is 1. The van der Waals surface area contributed by atoms with Crippen LogP contribution in [0, 0.1) is 5.82 Å². The number of quaternary nitrogens is 1. The Balaban J connectivity index is 1.58. The van der Waals surface area contributed by atoms with Crippen LogP contribution >= 0.6 is 11.6 Å². The van der Waals surface area contributed by atoms with E-state index in [1.165, 1.54) is 29.3 Å². The minimum atomic E-state index is -0.570. The molecule has 2 amide bonds. The quantitative estimate of drug-likeness (QED) is 0.830. The van der Waals surface area contributed by atoms with E-state index in [9.17, 15) is 14.0 Å². The van der Waals surface area contributed by atoms with Gasteiger partial charge in [-0.05, 0) is 23.8 Å². The molecule has 2 aliphatic heterocycles. The topological polar surface area (TPSA) is 41.8 Å². The third kappa shape index (κ3) is 2.83. The lowest BCUT2D eigenvalue weighted by molar-refractivity contribution is -0.930. The standard InChI is InChI=1S/C19H16ClFN2O2/c20-15-9-14(5-6-16(15)21)23-18(24)10-17(19(23)25)22-8-7-12-3-1-2-4-13(12)11-22/h1-6,9,17H,7-8,10-11H2/p+1/t17-/m1/s1. The number of carbonyl (C=O) groups is 2. The fourth-order valence-corrected chi connectivity index (χ4v) is 3.92. The van der Waals surface area contributed by atoms with E-state index in [4.69, 9.17) is 11.6 Å². The first-order chi connectivity index (χ1) is 12.0. The van der Waals surface area contributed by atoms with Gasteiger partial charge in [-0.1, -0.05) is 35.9 Å². The zero-order chi connectivity index (χ0) is 17.6. The normalized spacial score (nSPS) is 23.0. The largest absolute Gasteiger partial charge is 0.320 e. The number of imide groups is 1. The molecule has 4 nitrogen and oxygen atoms in total. The van der Waals surface area contributed by atoms with Crippen LogP contribution in [-0.2, 0) is 22.6 Å². The average molecular weight is 360 g/mol. The molecule has 0 saturated carbocycles. The molecular weight excluding hydrogens is 343 g/mol. The molecule has 0 spiro atoms. The van der Waals surface area contributed by atoms with E-state index >= 15 is 0 Å². The number of rotatable bonds is 2. The van der Waals surface area contributed by atoms with Crippen molar-refractivity contribution in [3.63, 3.8) is 0 Å². The van der Waals surface area contributed by atoms with Gasteiger partial charge >= 0.3 is 0 Å². The summed E-state index contributed by atoms with van der Waals surface area (Å²) in [5.41, 5.74) is 2.87. The Bertz CT molecular complexity index is 870. The molecule has 1 saturated heterocycles. The van der Waals surface area contributed by atoms with Crippen LogP contribution in [0.15, 0.2) is 42.5 Å². The fraction of sp³-hybridized carbons (Fsp3) is 0.263. The minimum Gasteiger partial charge on any atom is -0.320 e. The van der Waals surface area contributed by atoms with Crippen molar-refractivity contribution < 1.29 is 18.9 Å². The van der Waals surface area contributed by atoms with Crippen LogP contribution in [0.2, 0.25) is 5.02 Å². The first-order valence-corrected chi connectivity index (χ1v) is 8.65. The first kappa shape index (κ1) is 16.2. The summed E-state index contributed by atoms with van der Waals surface area (Å²) < 4.78 is 13.4. The van der Waals surface area contributed by atoms with Gasteiger partial charge in [-0.3, -0.25) is 9.59 Å². The van der Waals surface area contributed by atoms with Gasteiger partial charge in [0.1, 0.15) is 12.4 Å². The molecule has 2 heterocycles. The molecule has 4 rings (SSSR count). The lowest BCUT2D eigenvalue weighted by Crippen LogP contribution is -3.16. The van der Waals surface area contributed by atoms with Gasteiger partial charge in [-0.2, -0.15) is 0 Å². The van der Waals surface area contributed by atoms with Gasteiger partial charge in [0.05, 0.1) is 23.7 Å². The van der Waals surface area contributed by atoms with Gasteiger partial charge in [0.25, 0.3) is 5.91 Å². The average Bonchev–Trinajstić information content (AvgIpc) is 2.91. The number of amides is 2. The SMILES string of the molecule is O=C1C[C@@H]([NH+]2CCc3ccccc3C2)C(=O)N1c1ccc(F)c(Cl)c1. The van der Waals surface area contributed by atoms with Crippen molar-refractivity contribution in [3.05, 3.63) is 64.4 Å². The maximum absolute atomic E-state index is 13.4. The van der Waals surface area contributed by atoms with Gasteiger partial charge in [0.2, 0.25) is 5.91 Å². The van der Waals surface area contributed by atoms with Crippen LogP contribution in [0.4, 0.5) is 10.1 Å². The maximum atomic E-state index is 13.4. The summed E-state index contributed by atoms with van der Waals surface area (Å²) in [6, 6.07) is 11.7. The zero-order valence-corrected chi connectivity index (χ0v) is 14.2. The van der Waals surface area contributed by atoms with E-state index < -0.39 is 11.9 Å². The molecule has 6 heteroatoms. The number of hydrogen-bond donors (Lipinski definition) is 1. The number of carbonyl (C=O) groups excluding carboxylic acids is 2. The minimum absolute atomic E-state index is 0.0965. The summed E-state index contributed by atoms with van der Waals surface area (Å²) in [5, 5.41) is -0.0965. The molecule has 1 N–H and O–H groups in total. The molecule has 0 radical (unpaired) electrons. The number of hydrogen-bond acceptors (Lipinski definition) is 2. The van der Waals surface area contributed by atoms with Gasteiger partial charge in [-0.25, -0.2) is 9.29 Å². The Morgan fingerprint density at radius 1 is 1.12 bits per heavy atom. The maximum Gasteiger partial charge on any atom is 0.292 e. The van der Waals surface area contributed by atoms with E-state index in [1.54, 1.807) is 0 Å². The summed E-state index contributed by atoms with van der Waals surface area (Å²) in [4.78, 5) is 27.6. The summed E-state index contributed by atoms with van der Waals surface area (Å²) in [6.07, 6.45) is 1.07. The lowest BCUT2D eigenvalue weighted by Gasteiger charge is -2.29. The van der Waals surface area contributed by atoms with Gasteiger partial charge in [0.15, 0.2) is 6.04 Å². The van der Waals surface area contributed by atoms with E-state index in [0.29, 0.717) is 5.69 Å². The summed E-state index contributed by atoms with van der Waals surface area (Å²) in [7, 11) is 0. The molecule has 25 heavy (non-hydrogen) atoms. The summed E-state index contributed by atoms with van der Waals surface area (Å²) >= 11 is 5.80. The predicted molar refractivity (Wildman–Crippen MR) is 92.0 cm³/mol. The Labute approximate surface area is 149 Å². The van der Waals surface area contributed by atoms with Crippen molar-refractivity contribution in [2.75, 3.05) is 11.4 Å². The fourth-order valence-electron chi connectivity index (χ4n) is 3.75. The Morgan fingerprint density at radius 2 is 1.88 bits per heavy atom. The Hall–Kier alpha value is -2.24. The number of benzene rings is 2. The second-order valence-corrected chi connectivity index (χ2v) is 6.93. The van der Waals surface area contributed by atoms with E-state index in [1.807, 2.05) is 12.1 Å². The van der Waals surface area contributed by atoms with Crippen molar-refractivity contribution in [1.82, 2.24) is 0 Å². The highest BCUT2D eigenvalue weighted by Gasteiger charge is 2.46. The van der Waals surface area contributed by atoms with E-state index in [0.717, 1.165) is 29.3 Å². The number of nitrogens with zero attached hydrogens (tertiary/aromatic N) is 1. The first-order valence-electron chi connectivity index (χ1n) is 8.28. The number of halogens is 2. The molecular formula is C19H17ClFN2O2+. The van der Waals surface area contributed by atoms with Crippen LogP contribution in [0.1, 0.15) is 17.5 Å². The molecule has 1 fully saturated rings. The lowest BCUT2D eigenvalue weighted by atomic mass is 9.98. The molecule has 2 atom stereocenters. The van der Waals surface area contributed by atoms with Crippen molar-refractivity contribution in [3.8, 4) is 0 Å². The highest BCUT2D eigenvalue weighted by atomic mass is 35.5. The smallest absolute Gasteiger partial charge is 0.292 e. The predicted octanol–water partition coefficient (Wildman–Crippen LogP) is 1.75. The summed E-state index contributed by atoms with van der Waals surface area (Å²) in [5.74, 6) is -1.06. The van der Waals surface area contributed by atoms with Crippen LogP contribution in [0.5, 0.6) is 0 Å². The second kappa shape index (κ2) is 6.24. The van der Waals surface area contributed by atoms with E-state index in [2.05, 4.69) is 12.1 Å².